The predicted octanol–water partition coefficient (Wildman–Crippen LogP) is 3.62. The first-order valence-corrected chi connectivity index (χ1v) is 11.3. The summed E-state index contributed by atoms with van der Waals surface area (Å²) in [7, 11) is -3.72. The molecule has 6 nitrogen and oxygen atoms in total. The summed E-state index contributed by atoms with van der Waals surface area (Å²) in [4.78, 5) is 25.1. The molecule has 0 spiro atoms. The monoisotopic (exact) mass is 418 g/mol. The molecule has 1 aliphatic rings. The van der Waals surface area contributed by atoms with Crippen LogP contribution in [0.15, 0.2) is 52.3 Å². The van der Waals surface area contributed by atoms with Crippen molar-refractivity contribution < 1.29 is 18.0 Å². The van der Waals surface area contributed by atoms with E-state index in [4.69, 9.17) is 0 Å². The molecule has 148 valence electrons. The van der Waals surface area contributed by atoms with Crippen LogP contribution in [0.5, 0.6) is 0 Å². The molecule has 0 aliphatic carbocycles. The van der Waals surface area contributed by atoms with Crippen LogP contribution in [-0.2, 0) is 19.4 Å². The summed E-state index contributed by atoms with van der Waals surface area (Å²) in [5, 5.41) is 4.37. The van der Waals surface area contributed by atoms with Gasteiger partial charge >= 0.3 is 0 Å². The van der Waals surface area contributed by atoms with E-state index in [2.05, 4.69) is 10.6 Å². The summed E-state index contributed by atoms with van der Waals surface area (Å²) >= 11 is 1.39. The van der Waals surface area contributed by atoms with Gasteiger partial charge in [0, 0.05) is 17.0 Å². The molecule has 2 atom stereocenters. The lowest BCUT2D eigenvalue weighted by molar-refractivity contribution is -0.116. The molecule has 1 heterocycles. The van der Waals surface area contributed by atoms with Crippen molar-refractivity contribution in [3.05, 3.63) is 48.0 Å². The smallest absolute Gasteiger partial charge is 0.237 e. The lowest BCUT2D eigenvalue weighted by atomic mass is 10.2. The van der Waals surface area contributed by atoms with Gasteiger partial charge in [0.15, 0.2) is 9.84 Å². The van der Waals surface area contributed by atoms with E-state index in [-0.39, 0.29) is 28.4 Å². The first-order valence-electron chi connectivity index (χ1n) is 8.89. The second-order valence-electron chi connectivity index (χ2n) is 6.83. The van der Waals surface area contributed by atoms with Gasteiger partial charge < -0.3 is 10.6 Å². The molecule has 28 heavy (non-hydrogen) atoms. The molecule has 0 unspecified atom stereocenters. The number of amides is 2. The number of benzene rings is 2. The molecule has 1 aliphatic heterocycles. The Hall–Kier alpha value is -2.32. The molecule has 3 rings (SSSR count). The van der Waals surface area contributed by atoms with Crippen LogP contribution in [0, 0.1) is 6.92 Å². The first-order chi connectivity index (χ1) is 13.2. The molecule has 0 radical (unpaired) electrons. The minimum Gasteiger partial charge on any atom is -0.326 e. The first kappa shape index (κ1) is 20.4. The van der Waals surface area contributed by atoms with Crippen LogP contribution in [0.2, 0.25) is 0 Å². The van der Waals surface area contributed by atoms with Crippen molar-refractivity contribution in [2.24, 2.45) is 0 Å². The molecule has 8 heteroatoms. The summed E-state index contributed by atoms with van der Waals surface area (Å²) in [5.41, 5.74) is 2.06. The quantitative estimate of drug-likeness (QED) is 0.774. The molecular formula is C20H22N2O4S2. The maximum Gasteiger partial charge on any atom is 0.237 e. The van der Waals surface area contributed by atoms with Crippen LogP contribution in [0.1, 0.15) is 25.8 Å². The molecule has 0 aromatic heterocycles. The van der Waals surface area contributed by atoms with Gasteiger partial charge in [-0.1, -0.05) is 18.2 Å². The Morgan fingerprint density at radius 3 is 2.68 bits per heavy atom. The third-order valence-electron chi connectivity index (χ3n) is 4.63. The topological polar surface area (TPSA) is 92.3 Å². The number of nitrogens with one attached hydrogen (secondary N) is 2. The van der Waals surface area contributed by atoms with Gasteiger partial charge in [-0.2, -0.15) is 0 Å². The number of fused-ring (bicyclic) bond motifs is 1. The molecule has 0 fully saturated rings. The number of anilines is 2. The molecule has 0 saturated carbocycles. The van der Waals surface area contributed by atoms with Crippen molar-refractivity contribution in [3.63, 3.8) is 0 Å². The van der Waals surface area contributed by atoms with Gasteiger partial charge in [0.2, 0.25) is 11.8 Å². The lowest BCUT2D eigenvalue weighted by Crippen LogP contribution is -2.27. The third-order valence-corrected chi connectivity index (χ3v) is 7.95. The van der Waals surface area contributed by atoms with Crippen molar-refractivity contribution in [3.8, 4) is 0 Å². The second kappa shape index (κ2) is 7.97. The van der Waals surface area contributed by atoms with Crippen LogP contribution in [0.4, 0.5) is 11.4 Å². The number of aryl methyl sites for hydroxylation is 1. The van der Waals surface area contributed by atoms with E-state index in [1.54, 1.807) is 19.1 Å². The average molecular weight is 419 g/mol. The van der Waals surface area contributed by atoms with Crippen molar-refractivity contribution in [1.29, 1.82) is 0 Å². The summed E-state index contributed by atoms with van der Waals surface area (Å²) in [5.74, 6) is -0.515. The van der Waals surface area contributed by atoms with Crippen molar-refractivity contribution in [2.45, 2.75) is 47.5 Å². The zero-order valence-corrected chi connectivity index (χ0v) is 17.5. The molecule has 2 aromatic rings. The number of para-hydroxylation sites is 1. The molecule has 0 saturated heterocycles. The predicted molar refractivity (Wildman–Crippen MR) is 111 cm³/mol. The highest BCUT2D eigenvalue weighted by Gasteiger charge is 2.29. The summed E-state index contributed by atoms with van der Waals surface area (Å²) in [6.07, 6.45) is -0.161. The SMILES string of the molecule is Cc1ccccc1NC(=O)C[C@H](C)S(=O)(=O)c1ccc2c(c1)NC(=O)[C@@H](C)S2. The minimum absolute atomic E-state index is 0.0953. The van der Waals surface area contributed by atoms with Crippen LogP contribution in [-0.4, -0.2) is 30.7 Å². The standard InChI is InChI=1S/C20H22N2O4S2/c1-12-6-4-5-7-16(12)21-19(23)10-13(2)28(25,26)15-8-9-18-17(11-15)22-20(24)14(3)27-18/h4-9,11,13-14H,10H2,1-3H3,(H,21,23)(H,22,24)/t13-,14+/m0/s1. The Balaban J connectivity index is 1.75. The lowest BCUT2D eigenvalue weighted by Gasteiger charge is -2.22. The summed E-state index contributed by atoms with van der Waals surface area (Å²) in [6, 6.07) is 12.0. The average Bonchev–Trinajstić information content (AvgIpc) is 2.64. The zero-order valence-electron chi connectivity index (χ0n) is 15.9. The van der Waals surface area contributed by atoms with Crippen molar-refractivity contribution in [2.75, 3.05) is 10.6 Å². The van der Waals surface area contributed by atoms with Gasteiger partial charge in [0.25, 0.3) is 0 Å². The third kappa shape index (κ3) is 4.23. The van der Waals surface area contributed by atoms with E-state index >= 15 is 0 Å². The van der Waals surface area contributed by atoms with Gasteiger partial charge in [0.1, 0.15) is 0 Å². The normalized spacial score (nSPS) is 17.4. The van der Waals surface area contributed by atoms with Gasteiger partial charge in [-0.3, -0.25) is 9.59 Å². The van der Waals surface area contributed by atoms with E-state index in [0.29, 0.717) is 11.4 Å². The minimum atomic E-state index is -3.72. The van der Waals surface area contributed by atoms with E-state index in [1.807, 2.05) is 25.1 Å². The Morgan fingerprint density at radius 2 is 1.96 bits per heavy atom. The van der Waals surface area contributed by atoms with Crippen LogP contribution in [0.25, 0.3) is 0 Å². The van der Waals surface area contributed by atoms with Crippen LogP contribution in [0.3, 0.4) is 0 Å². The number of hydrogen-bond donors (Lipinski definition) is 2. The highest BCUT2D eigenvalue weighted by molar-refractivity contribution is 8.01. The van der Waals surface area contributed by atoms with Crippen LogP contribution >= 0.6 is 11.8 Å². The van der Waals surface area contributed by atoms with E-state index in [9.17, 15) is 18.0 Å². The summed E-state index contributed by atoms with van der Waals surface area (Å²) < 4.78 is 25.8. The van der Waals surface area contributed by atoms with Crippen molar-refractivity contribution >= 4 is 44.8 Å². The largest absolute Gasteiger partial charge is 0.326 e. The van der Waals surface area contributed by atoms with Crippen molar-refractivity contribution in [1.82, 2.24) is 0 Å². The van der Waals surface area contributed by atoms with Gasteiger partial charge in [0.05, 0.1) is 21.1 Å². The number of carbonyl (C=O) groups excluding carboxylic acids is 2. The fraction of sp³-hybridized carbons (Fsp3) is 0.300. The van der Waals surface area contributed by atoms with E-state index in [1.165, 1.54) is 30.8 Å². The molecular weight excluding hydrogens is 396 g/mol. The Labute approximate surface area is 169 Å². The van der Waals surface area contributed by atoms with Gasteiger partial charge in [-0.25, -0.2) is 8.42 Å². The van der Waals surface area contributed by atoms with Gasteiger partial charge in [-0.05, 0) is 50.6 Å². The number of thioether (sulfide) groups is 1. The Kier molecular flexibility index (Phi) is 5.81. The molecule has 2 N–H and O–H groups in total. The Bertz CT molecular complexity index is 1030. The maximum atomic E-state index is 12.9. The number of sulfone groups is 1. The molecule has 2 amide bonds. The zero-order chi connectivity index (χ0) is 20.5. The number of carbonyl (C=O) groups is 2. The fourth-order valence-electron chi connectivity index (χ4n) is 2.88. The second-order valence-corrected chi connectivity index (χ2v) is 10.6. The summed E-state index contributed by atoms with van der Waals surface area (Å²) in [6.45, 7) is 5.18. The molecule has 0 bridgehead atoms. The fourth-order valence-corrected chi connectivity index (χ4v) is 5.19. The molecule has 2 aromatic carbocycles. The highest BCUT2D eigenvalue weighted by atomic mass is 32.2. The number of hydrogen-bond acceptors (Lipinski definition) is 5. The highest BCUT2D eigenvalue weighted by Crippen LogP contribution is 2.37. The van der Waals surface area contributed by atoms with E-state index < -0.39 is 15.1 Å². The van der Waals surface area contributed by atoms with Crippen LogP contribution < -0.4 is 10.6 Å². The van der Waals surface area contributed by atoms with Gasteiger partial charge in [-0.15, -0.1) is 11.8 Å². The Morgan fingerprint density at radius 1 is 1.25 bits per heavy atom. The number of rotatable bonds is 5. The maximum absolute atomic E-state index is 12.9. The van der Waals surface area contributed by atoms with E-state index in [0.717, 1.165) is 10.5 Å².